The minimum Gasteiger partial charge on any atom is -0.497 e. The van der Waals surface area contributed by atoms with Gasteiger partial charge in [-0.3, -0.25) is 9.59 Å². The minimum absolute atomic E-state index is 0.107. The Kier molecular flexibility index (Phi) is 9.44. The van der Waals surface area contributed by atoms with E-state index in [1.165, 1.54) is 17.8 Å². The lowest BCUT2D eigenvalue weighted by atomic mass is 10.1. The molecule has 0 heterocycles. The number of ether oxygens (including phenoxy) is 1. The van der Waals surface area contributed by atoms with Crippen molar-refractivity contribution in [1.82, 2.24) is 10.2 Å². The Labute approximate surface area is 204 Å². The van der Waals surface area contributed by atoms with E-state index in [2.05, 4.69) is 5.32 Å². The van der Waals surface area contributed by atoms with Crippen molar-refractivity contribution < 1.29 is 18.7 Å². The topological polar surface area (TPSA) is 58.6 Å². The molecule has 0 unspecified atom stereocenters. The molecule has 8 heteroatoms. The van der Waals surface area contributed by atoms with Gasteiger partial charge in [0.1, 0.15) is 17.6 Å². The first-order valence-electron chi connectivity index (χ1n) is 11.1. The van der Waals surface area contributed by atoms with Crippen LogP contribution in [-0.4, -0.2) is 41.7 Å². The number of thioether (sulfide) groups is 1. The molecule has 33 heavy (non-hydrogen) atoms. The Hall–Kier alpha value is -2.25. The van der Waals surface area contributed by atoms with Crippen molar-refractivity contribution >= 4 is 35.2 Å². The molecule has 2 amide bonds. The lowest BCUT2D eigenvalue weighted by molar-refractivity contribution is -0.138. The van der Waals surface area contributed by atoms with Gasteiger partial charge in [-0.15, -0.1) is 11.8 Å². The molecule has 1 fully saturated rings. The van der Waals surface area contributed by atoms with E-state index in [1.54, 1.807) is 31.1 Å². The molecule has 1 aliphatic carbocycles. The van der Waals surface area contributed by atoms with Crippen molar-refractivity contribution in [2.75, 3.05) is 12.9 Å². The summed E-state index contributed by atoms with van der Waals surface area (Å²) in [5.41, 5.74) is 1.24. The van der Waals surface area contributed by atoms with Gasteiger partial charge < -0.3 is 15.0 Å². The molecular formula is C25H30ClFN2O3S. The third-order valence-electron chi connectivity index (χ3n) is 5.89. The van der Waals surface area contributed by atoms with Crippen LogP contribution in [0.4, 0.5) is 4.39 Å². The zero-order chi connectivity index (χ0) is 23.8. The highest BCUT2D eigenvalue weighted by Gasteiger charge is 2.28. The summed E-state index contributed by atoms with van der Waals surface area (Å²) in [5, 5.41) is 3.43. The normalized spacial score (nSPS) is 14.7. The van der Waals surface area contributed by atoms with Gasteiger partial charge in [-0.2, -0.15) is 0 Å². The van der Waals surface area contributed by atoms with Gasteiger partial charge in [0, 0.05) is 28.9 Å². The number of carbonyl (C=O) groups excluding carboxylic acids is 2. The summed E-state index contributed by atoms with van der Waals surface area (Å²) in [6.45, 7) is 2.02. The van der Waals surface area contributed by atoms with Crippen LogP contribution in [0, 0.1) is 5.82 Å². The monoisotopic (exact) mass is 492 g/mol. The highest BCUT2D eigenvalue weighted by molar-refractivity contribution is 7.99. The van der Waals surface area contributed by atoms with Crippen molar-refractivity contribution in [2.24, 2.45) is 0 Å². The van der Waals surface area contributed by atoms with Crippen LogP contribution in [0.3, 0.4) is 0 Å². The predicted molar refractivity (Wildman–Crippen MR) is 131 cm³/mol. The smallest absolute Gasteiger partial charge is 0.242 e. The van der Waals surface area contributed by atoms with Crippen LogP contribution in [-0.2, 0) is 21.9 Å². The summed E-state index contributed by atoms with van der Waals surface area (Å²) in [4.78, 5) is 27.7. The number of hydrogen-bond donors (Lipinski definition) is 1. The zero-order valence-corrected chi connectivity index (χ0v) is 20.6. The number of nitrogens with one attached hydrogen (secondary N) is 1. The zero-order valence-electron chi connectivity index (χ0n) is 19.0. The fraction of sp³-hybridized carbons (Fsp3) is 0.440. The Bertz CT molecular complexity index is 948. The number of benzene rings is 2. The number of methoxy groups -OCH3 is 1. The number of carbonyl (C=O) groups is 2. The van der Waals surface area contributed by atoms with Gasteiger partial charge in [-0.25, -0.2) is 4.39 Å². The summed E-state index contributed by atoms with van der Waals surface area (Å²) in [6, 6.07) is 11.5. The molecule has 2 aromatic carbocycles. The van der Waals surface area contributed by atoms with Crippen LogP contribution in [0.5, 0.6) is 5.75 Å². The molecule has 0 radical (unpaired) electrons. The molecule has 1 aliphatic rings. The first-order chi connectivity index (χ1) is 15.9. The molecule has 5 nitrogen and oxygen atoms in total. The maximum absolute atomic E-state index is 14.1. The summed E-state index contributed by atoms with van der Waals surface area (Å²) in [7, 11) is 1.59. The van der Waals surface area contributed by atoms with Crippen molar-refractivity contribution in [2.45, 2.75) is 57.0 Å². The Morgan fingerprint density at radius 2 is 1.97 bits per heavy atom. The highest BCUT2D eigenvalue weighted by atomic mass is 35.5. The molecule has 0 aliphatic heterocycles. The Morgan fingerprint density at radius 3 is 2.67 bits per heavy atom. The van der Waals surface area contributed by atoms with Crippen molar-refractivity contribution in [3.63, 3.8) is 0 Å². The Morgan fingerprint density at radius 1 is 1.24 bits per heavy atom. The molecule has 0 spiro atoms. The lowest BCUT2D eigenvalue weighted by Crippen LogP contribution is -2.50. The quantitative estimate of drug-likeness (QED) is 0.495. The first-order valence-corrected chi connectivity index (χ1v) is 12.7. The van der Waals surface area contributed by atoms with Crippen molar-refractivity contribution in [3.8, 4) is 5.75 Å². The standard InChI is InChI=1S/C25H30ClFN2O3S/c1-17(25(31)28-19-8-3-4-9-19)29(14-18-7-5-10-20(13-18)32-2)24(30)16-33-15-21-22(26)11-6-12-23(21)27/h5-7,10-13,17,19H,3-4,8-9,14-16H2,1-2H3,(H,28,31)/t17-/m1/s1. The third kappa shape index (κ3) is 7.11. The van der Waals surface area contributed by atoms with Gasteiger partial charge in [0.2, 0.25) is 11.8 Å². The summed E-state index contributed by atoms with van der Waals surface area (Å²) in [6.07, 6.45) is 4.17. The van der Waals surface area contributed by atoms with Crippen LogP contribution in [0.15, 0.2) is 42.5 Å². The molecule has 178 valence electrons. The molecule has 2 aromatic rings. The van der Waals surface area contributed by atoms with Gasteiger partial charge in [0.25, 0.3) is 0 Å². The Balaban J connectivity index is 1.70. The molecule has 0 aromatic heterocycles. The second-order valence-corrected chi connectivity index (χ2v) is 9.62. The molecule has 1 saturated carbocycles. The fourth-order valence-electron chi connectivity index (χ4n) is 3.94. The van der Waals surface area contributed by atoms with Crippen LogP contribution in [0.25, 0.3) is 0 Å². The van der Waals surface area contributed by atoms with E-state index in [4.69, 9.17) is 16.3 Å². The maximum atomic E-state index is 14.1. The van der Waals surface area contributed by atoms with E-state index >= 15 is 0 Å². The predicted octanol–water partition coefficient (Wildman–Crippen LogP) is 5.20. The molecule has 0 saturated heterocycles. The van der Waals surface area contributed by atoms with Gasteiger partial charge >= 0.3 is 0 Å². The highest BCUT2D eigenvalue weighted by Crippen LogP contribution is 2.25. The maximum Gasteiger partial charge on any atom is 0.242 e. The minimum atomic E-state index is -0.637. The molecular weight excluding hydrogens is 463 g/mol. The first kappa shape index (κ1) is 25.4. The van der Waals surface area contributed by atoms with E-state index < -0.39 is 6.04 Å². The molecule has 1 N–H and O–H groups in total. The van der Waals surface area contributed by atoms with Crippen molar-refractivity contribution in [1.29, 1.82) is 0 Å². The van der Waals surface area contributed by atoms with Crippen LogP contribution in [0.2, 0.25) is 5.02 Å². The molecule has 1 atom stereocenters. The van der Waals surface area contributed by atoms with E-state index in [1.807, 2.05) is 24.3 Å². The van der Waals surface area contributed by atoms with Gasteiger partial charge in [0.15, 0.2) is 0 Å². The van der Waals surface area contributed by atoms with Crippen LogP contribution in [0.1, 0.15) is 43.7 Å². The fourth-order valence-corrected chi connectivity index (χ4v) is 5.18. The van der Waals surface area contributed by atoms with Crippen LogP contribution >= 0.6 is 23.4 Å². The molecule has 3 rings (SSSR count). The van der Waals surface area contributed by atoms with Gasteiger partial charge in [0.05, 0.1) is 12.9 Å². The average Bonchev–Trinajstić information content (AvgIpc) is 3.32. The van der Waals surface area contributed by atoms with Gasteiger partial charge in [-0.1, -0.05) is 42.6 Å². The van der Waals surface area contributed by atoms with E-state index in [0.29, 0.717) is 16.3 Å². The van der Waals surface area contributed by atoms with E-state index in [9.17, 15) is 14.0 Å². The number of rotatable bonds is 10. The summed E-state index contributed by atoms with van der Waals surface area (Å²) >= 11 is 7.38. The van der Waals surface area contributed by atoms with Crippen molar-refractivity contribution in [3.05, 3.63) is 64.4 Å². The van der Waals surface area contributed by atoms with Gasteiger partial charge in [-0.05, 0) is 49.6 Å². The van der Waals surface area contributed by atoms with E-state index in [0.717, 1.165) is 31.2 Å². The summed E-state index contributed by atoms with van der Waals surface area (Å²) < 4.78 is 19.4. The average molecular weight is 493 g/mol. The second kappa shape index (κ2) is 12.3. The number of halogens is 2. The summed E-state index contributed by atoms with van der Waals surface area (Å²) in [5.74, 6) is 0.332. The van der Waals surface area contributed by atoms with Crippen LogP contribution < -0.4 is 10.1 Å². The number of amides is 2. The molecule has 0 bridgehead atoms. The number of hydrogen-bond acceptors (Lipinski definition) is 4. The SMILES string of the molecule is COc1cccc(CN(C(=O)CSCc2c(F)cccc2Cl)[C@H](C)C(=O)NC2CCCC2)c1. The lowest BCUT2D eigenvalue weighted by Gasteiger charge is -2.30. The second-order valence-electron chi connectivity index (χ2n) is 8.23. The van der Waals surface area contributed by atoms with E-state index in [-0.39, 0.29) is 41.7 Å². The third-order valence-corrected chi connectivity index (χ3v) is 7.19. The largest absolute Gasteiger partial charge is 0.497 e. The number of nitrogens with zero attached hydrogens (tertiary/aromatic N) is 1.